The molecule has 0 aliphatic carbocycles. The highest BCUT2D eigenvalue weighted by Gasteiger charge is 2.11. The van der Waals surface area contributed by atoms with Gasteiger partial charge in [-0.2, -0.15) is 0 Å². The fourth-order valence-electron chi connectivity index (χ4n) is 2.20. The topological polar surface area (TPSA) is 54.0 Å². The van der Waals surface area contributed by atoms with Crippen LogP contribution >= 0.6 is 23.3 Å². The van der Waals surface area contributed by atoms with E-state index in [1.807, 2.05) is 55.5 Å². The Morgan fingerprint density at radius 3 is 2.70 bits per heavy atom. The molecular formula is C17H17N3OS2. The van der Waals surface area contributed by atoms with Crippen molar-refractivity contribution in [1.29, 1.82) is 0 Å². The molecule has 1 heterocycles. The number of fused-ring (bicyclic) bond motifs is 1. The number of aryl methyl sites for hydroxylation is 1. The van der Waals surface area contributed by atoms with Crippen molar-refractivity contribution in [2.45, 2.75) is 19.1 Å². The van der Waals surface area contributed by atoms with Gasteiger partial charge in [0.25, 0.3) is 0 Å². The van der Waals surface area contributed by atoms with Gasteiger partial charge in [-0.05, 0) is 43.0 Å². The predicted octanol–water partition coefficient (Wildman–Crippen LogP) is 5.14. The maximum Gasteiger partial charge on any atom is 0.331 e. The van der Waals surface area contributed by atoms with Gasteiger partial charge < -0.3 is 0 Å². The molecule has 2 amide bonds. The molecule has 0 aliphatic heterocycles. The Labute approximate surface area is 143 Å². The number of nitrogens with zero attached hydrogens (tertiary/aromatic N) is 1. The Hall–Kier alpha value is -2.05. The molecule has 23 heavy (non-hydrogen) atoms. The van der Waals surface area contributed by atoms with E-state index >= 15 is 0 Å². The number of anilines is 1. The molecule has 4 nitrogen and oxygen atoms in total. The number of carbonyl (C=O) groups excluding carboxylic acids is 1. The molecule has 0 spiro atoms. The fourth-order valence-corrected chi connectivity index (χ4v) is 3.76. The zero-order valence-electron chi connectivity index (χ0n) is 12.9. The number of urea groups is 1. The summed E-state index contributed by atoms with van der Waals surface area (Å²) in [5, 5.41) is 3.59. The minimum atomic E-state index is -0.255. The number of para-hydroxylation sites is 1. The van der Waals surface area contributed by atoms with Gasteiger partial charge >= 0.3 is 6.03 Å². The van der Waals surface area contributed by atoms with Crippen LogP contribution in [0.25, 0.3) is 10.2 Å². The first-order chi connectivity index (χ1) is 11.1. The average molecular weight is 343 g/mol. The monoisotopic (exact) mass is 343 g/mol. The van der Waals surface area contributed by atoms with Gasteiger partial charge in [0.1, 0.15) is 0 Å². The number of benzene rings is 2. The van der Waals surface area contributed by atoms with Crippen molar-refractivity contribution < 1.29 is 4.79 Å². The molecule has 0 radical (unpaired) electrons. The molecule has 118 valence electrons. The Bertz CT molecular complexity index is 817. The summed E-state index contributed by atoms with van der Waals surface area (Å²) in [6.07, 6.45) is 0. The highest BCUT2D eigenvalue weighted by atomic mass is 32.2. The second-order valence-corrected chi connectivity index (χ2v) is 7.35. The summed E-state index contributed by atoms with van der Waals surface area (Å²) in [5.74, 6) is 0. The molecule has 3 rings (SSSR count). The summed E-state index contributed by atoms with van der Waals surface area (Å²) in [5.41, 5.74) is 3.23. The number of hydrogen-bond acceptors (Lipinski definition) is 4. The standard InChI is InChI=1S/C17H17N3OS2/c1-11-7-6-10-14-15(11)18-17(22-14)19-16(21)20-23-12(2)13-8-4-3-5-9-13/h3-10,12H,1-2H3,(H2,18,19,20,21)/t12-/m1/s1. The lowest BCUT2D eigenvalue weighted by atomic mass is 10.2. The maximum atomic E-state index is 12.0. The first kappa shape index (κ1) is 15.8. The number of aromatic nitrogens is 1. The molecule has 0 bridgehead atoms. The smallest absolute Gasteiger partial charge is 0.283 e. The molecule has 3 aromatic rings. The molecule has 1 atom stereocenters. The van der Waals surface area contributed by atoms with Gasteiger partial charge in [0.05, 0.1) is 10.2 Å². The average Bonchev–Trinajstić information content (AvgIpc) is 2.97. The zero-order valence-corrected chi connectivity index (χ0v) is 14.5. The molecule has 1 aromatic heterocycles. The Morgan fingerprint density at radius 2 is 1.96 bits per heavy atom. The van der Waals surface area contributed by atoms with Crippen LogP contribution < -0.4 is 10.0 Å². The van der Waals surface area contributed by atoms with Crippen molar-refractivity contribution in [2.75, 3.05) is 5.32 Å². The molecule has 0 unspecified atom stereocenters. The molecular weight excluding hydrogens is 326 g/mol. The number of carbonyl (C=O) groups is 1. The van der Waals surface area contributed by atoms with Crippen LogP contribution in [0, 0.1) is 6.92 Å². The van der Waals surface area contributed by atoms with Gasteiger partial charge in [0.2, 0.25) is 0 Å². The summed E-state index contributed by atoms with van der Waals surface area (Å²) in [6, 6.07) is 15.8. The SMILES string of the molecule is Cc1cccc2sc(NC(=O)NS[C@H](C)c3ccccc3)nc12. The predicted molar refractivity (Wildman–Crippen MR) is 99.0 cm³/mol. The summed E-state index contributed by atoms with van der Waals surface area (Å²) in [6.45, 7) is 4.07. The van der Waals surface area contributed by atoms with Crippen molar-refractivity contribution in [2.24, 2.45) is 0 Å². The minimum Gasteiger partial charge on any atom is -0.283 e. The number of nitrogens with one attached hydrogen (secondary N) is 2. The summed E-state index contributed by atoms with van der Waals surface area (Å²) in [4.78, 5) is 16.5. The van der Waals surface area contributed by atoms with E-state index in [2.05, 4.69) is 21.9 Å². The molecule has 0 saturated heterocycles. The van der Waals surface area contributed by atoms with Gasteiger partial charge in [-0.25, -0.2) is 9.78 Å². The van der Waals surface area contributed by atoms with E-state index < -0.39 is 0 Å². The van der Waals surface area contributed by atoms with Crippen LogP contribution in [0.15, 0.2) is 48.5 Å². The van der Waals surface area contributed by atoms with Crippen molar-refractivity contribution in [3.63, 3.8) is 0 Å². The van der Waals surface area contributed by atoms with E-state index in [4.69, 9.17) is 0 Å². The molecule has 0 aliphatic rings. The van der Waals surface area contributed by atoms with Crippen molar-refractivity contribution >= 4 is 44.7 Å². The van der Waals surface area contributed by atoms with E-state index in [0.717, 1.165) is 15.8 Å². The third kappa shape index (κ3) is 3.83. The number of hydrogen-bond donors (Lipinski definition) is 2. The fraction of sp³-hybridized carbons (Fsp3) is 0.176. The van der Waals surface area contributed by atoms with Gasteiger partial charge in [0, 0.05) is 5.25 Å². The van der Waals surface area contributed by atoms with Gasteiger partial charge in [-0.3, -0.25) is 10.0 Å². The lowest BCUT2D eigenvalue weighted by Crippen LogP contribution is -2.23. The van der Waals surface area contributed by atoms with Gasteiger partial charge in [-0.1, -0.05) is 53.8 Å². The normalized spacial score (nSPS) is 12.1. The Balaban J connectivity index is 1.59. The van der Waals surface area contributed by atoms with Crippen LogP contribution in [0.1, 0.15) is 23.3 Å². The van der Waals surface area contributed by atoms with E-state index in [1.165, 1.54) is 28.8 Å². The van der Waals surface area contributed by atoms with Gasteiger partial charge in [0.15, 0.2) is 5.13 Å². The molecule has 0 fully saturated rings. The van der Waals surface area contributed by atoms with Gasteiger partial charge in [-0.15, -0.1) is 0 Å². The van der Waals surface area contributed by atoms with Crippen LogP contribution in [-0.4, -0.2) is 11.0 Å². The van der Waals surface area contributed by atoms with Crippen molar-refractivity contribution in [3.8, 4) is 0 Å². The van der Waals surface area contributed by atoms with Crippen LogP contribution in [0.5, 0.6) is 0 Å². The number of rotatable bonds is 4. The van der Waals surface area contributed by atoms with Crippen molar-refractivity contribution in [1.82, 2.24) is 9.71 Å². The van der Waals surface area contributed by atoms with Crippen LogP contribution in [0.3, 0.4) is 0 Å². The maximum absolute atomic E-state index is 12.0. The summed E-state index contributed by atoms with van der Waals surface area (Å²) in [7, 11) is 0. The van der Waals surface area contributed by atoms with E-state index in [1.54, 1.807) is 0 Å². The first-order valence-electron chi connectivity index (χ1n) is 7.27. The largest absolute Gasteiger partial charge is 0.331 e. The van der Waals surface area contributed by atoms with Crippen LogP contribution in [0.4, 0.5) is 9.93 Å². The lowest BCUT2D eigenvalue weighted by molar-refractivity contribution is 0.257. The van der Waals surface area contributed by atoms with Crippen LogP contribution in [-0.2, 0) is 0 Å². The second kappa shape index (κ2) is 7.02. The molecule has 6 heteroatoms. The highest BCUT2D eigenvalue weighted by molar-refractivity contribution is 7.98. The highest BCUT2D eigenvalue weighted by Crippen LogP contribution is 2.28. The minimum absolute atomic E-state index is 0.180. The summed E-state index contributed by atoms with van der Waals surface area (Å²) < 4.78 is 3.90. The van der Waals surface area contributed by atoms with Crippen molar-refractivity contribution in [3.05, 3.63) is 59.7 Å². The Kier molecular flexibility index (Phi) is 4.83. The number of amides is 2. The second-order valence-electron chi connectivity index (χ2n) is 5.17. The van der Waals surface area contributed by atoms with E-state index in [0.29, 0.717) is 5.13 Å². The summed E-state index contributed by atoms with van der Waals surface area (Å²) >= 11 is 2.86. The lowest BCUT2D eigenvalue weighted by Gasteiger charge is -2.11. The third-order valence-electron chi connectivity index (χ3n) is 3.44. The van der Waals surface area contributed by atoms with E-state index in [-0.39, 0.29) is 11.3 Å². The molecule has 2 aromatic carbocycles. The third-order valence-corrected chi connectivity index (χ3v) is 5.30. The van der Waals surface area contributed by atoms with Crippen LogP contribution in [0.2, 0.25) is 0 Å². The first-order valence-corrected chi connectivity index (χ1v) is 8.97. The Morgan fingerprint density at radius 1 is 1.17 bits per heavy atom. The molecule has 2 N–H and O–H groups in total. The zero-order chi connectivity index (χ0) is 16.2. The van der Waals surface area contributed by atoms with E-state index in [9.17, 15) is 4.79 Å². The molecule has 0 saturated carbocycles. The quantitative estimate of drug-likeness (QED) is 0.645. The number of thiazole rings is 1.